The van der Waals surface area contributed by atoms with E-state index in [2.05, 4.69) is 30.2 Å². The average Bonchev–Trinajstić information content (AvgIpc) is 3.03. The van der Waals surface area contributed by atoms with Gasteiger partial charge < -0.3 is 41.1 Å². The van der Waals surface area contributed by atoms with E-state index < -0.39 is 46.5 Å². The Hall–Kier alpha value is -3.55. The molecule has 1 aromatic carbocycles. The summed E-state index contributed by atoms with van der Waals surface area (Å²) in [5, 5.41) is 80.6. The predicted molar refractivity (Wildman–Crippen MR) is 119 cm³/mol. The molecule has 0 spiro atoms. The van der Waals surface area contributed by atoms with E-state index >= 15 is 0 Å². The van der Waals surface area contributed by atoms with Crippen LogP contribution in [0.1, 0.15) is 11.3 Å². The fourth-order valence-electron chi connectivity index (χ4n) is 3.93. The van der Waals surface area contributed by atoms with Crippen LogP contribution < -0.4 is 10.2 Å². The minimum atomic E-state index is -4.12. The summed E-state index contributed by atoms with van der Waals surface area (Å²) in [6, 6.07) is 4.17. The molecule has 14 nitrogen and oxygen atoms in total. The number of nitrogens with one attached hydrogen (secondary N) is 2. The van der Waals surface area contributed by atoms with E-state index in [0.717, 1.165) is 24.4 Å². The van der Waals surface area contributed by atoms with Crippen LogP contribution in [-0.2, 0) is 4.74 Å². The first-order valence-corrected chi connectivity index (χ1v) is 10.3. The minimum Gasteiger partial charge on any atom is -0.372 e. The van der Waals surface area contributed by atoms with Crippen molar-refractivity contribution in [3.63, 3.8) is 0 Å². The van der Waals surface area contributed by atoms with Gasteiger partial charge in [-0.1, -0.05) is 6.07 Å². The van der Waals surface area contributed by atoms with Crippen molar-refractivity contribution in [3.05, 3.63) is 53.4 Å². The van der Waals surface area contributed by atoms with Crippen molar-refractivity contribution in [1.82, 2.24) is 15.2 Å². The number of nitrogens with zero attached hydrogens (tertiary/aromatic N) is 4. The highest BCUT2D eigenvalue weighted by Crippen LogP contribution is 2.46. The molecular weight excluding hydrogens is 501 g/mol. The van der Waals surface area contributed by atoms with Gasteiger partial charge in [0.15, 0.2) is 13.5 Å². The average molecular weight is 518 g/mol. The third-order valence-corrected chi connectivity index (χ3v) is 5.82. The van der Waals surface area contributed by atoms with Crippen LogP contribution in [0.5, 0.6) is 0 Å². The van der Waals surface area contributed by atoms with Crippen molar-refractivity contribution in [1.29, 1.82) is 0 Å². The molecule has 2 aliphatic rings. The number of benzene rings is 1. The quantitative estimate of drug-likeness (QED) is 0.135. The zero-order valence-electron chi connectivity index (χ0n) is 18.5. The molecule has 192 valence electrons. The van der Waals surface area contributed by atoms with Gasteiger partial charge in [0.25, 0.3) is 0 Å². The maximum Gasteiger partial charge on any atom is 0.362 e. The van der Waals surface area contributed by atoms with Crippen LogP contribution in [0.3, 0.4) is 0 Å². The lowest BCUT2D eigenvalue weighted by atomic mass is 9.83. The summed E-state index contributed by atoms with van der Waals surface area (Å²) >= 11 is 0. The van der Waals surface area contributed by atoms with Gasteiger partial charge in [0.1, 0.15) is 34.7 Å². The number of aromatic nitrogens is 3. The molecule has 0 aliphatic carbocycles. The summed E-state index contributed by atoms with van der Waals surface area (Å²) in [5.74, 6) is -15.0. The maximum atomic E-state index is 14.6. The maximum absolute atomic E-state index is 14.6. The second-order valence-corrected chi connectivity index (χ2v) is 8.33. The lowest BCUT2D eigenvalue weighted by molar-refractivity contribution is -0.575. The smallest absolute Gasteiger partial charge is 0.362 e. The van der Waals surface area contributed by atoms with Crippen LogP contribution >= 0.6 is 0 Å². The number of rotatable bonds is 2. The Kier molecular flexibility index (Phi) is 5.25. The molecule has 2 radical (unpaired) electrons. The molecule has 5 rings (SSSR count). The van der Waals surface area contributed by atoms with Crippen molar-refractivity contribution >= 4 is 30.9 Å². The highest BCUT2D eigenvalue weighted by atomic mass is 19.1. The zero-order chi connectivity index (χ0) is 27.1. The van der Waals surface area contributed by atoms with E-state index in [1.165, 1.54) is 6.07 Å². The summed E-state index contributed by atoms with van der Waals surface area (Å²) in [6.45, 7) is 1.56. The fourth-order valence-corrected chi connectivity index (χ4v) is 3.93. The van der Waals surface area contributed by atoms with E-state index in [-0.39, 0.29) is 33.4 Å². The Bertz CT molecular complexity index is 1410. The molecule has 1 saturated heterocycles. The number of morpholine rings is 1. The van der Waals surface area contributed by atoms with Crippen LogP contribution in [0.4, 0.5) is 26.0 Å². The van der Waals surface area contributed by atoms with Crippen LogP contribution in [-0.4, -0.2) is 88.1 Å². The predicted octanol–water partition coefficient (Wildman–Crippen LogP) is -1.87. The Morgan fingerprint density at radius 1 is 1.03 bits per heavy atom. The zero-order valence-corrected chi connectivity index (χ0v) is 18.5. The molecule has 0 bridgehead atoms. The van der Waals surface area contributed by atoms with Crippen molar-refractivity contribution in [3.8, 4) is 11.3 Å². The van der Waals surface area contributed by atoms with Gasteiger partial charge in [0, 0.05) is 5.56 Å². The molecule has 1 atom stereocenters. The molecule has 37 heavy (non-hydrogen) atoms. The Labute approximate surface area is 206 Å². The van der Waals surface area contributed by atoms with Gasteiger partial charge >= 0.3 is 17.9 Å². The topological polar surface area (TPSA) is 220 Å². The molecule has 3 aromatic rings. The number of fused-ring (bicyclic) bond motifs is 3. The monoisotopic (exact) mass is 518 g/mol. The number of hydrogen-bond donors (Lipinski definition) is 9. The van der Waals surface area contributed by atoms with E-state index in [1.807, 2.05) is 0 Å². The first-order chi connectivity index (χ1) is 17.1. The summed E-state index contributed by atoms with van der Waals surface area (Å²) < 4.78 is 33.1. The van der Waals surface area contributed by atoms with Crippen LogP contribution in [0, 0.1) is 18.6 Å². The lowest BCUT2D eigenvalue weighted by Gasteiger charge is -2.57. The van der Waals surface area contributed by atoms with Crippen LogP contribution in [0.2, 0.25) is 0 Å². The molecule has 17 heteroatoms. The van der Waals surface area contributed by atoms with E-state index in [1.54, 1.807) is 6.92 Å². The third-order valence-electron chi connectivity index (χ3n) is 5.82. The third kappa shape index (κ3) is 3.52. The highest BCUT2D eigenvalue weighted by molar-refractivity contribution is 6.17. The largest absolute Gasteiger partial charge is 0.372 e. The van der Waals surface area contributed by atoms with Gasteiger partial charge in [-0.3, -0.25) is 14.7 Å². The number of aryl methyl sites for hydroxylation is 1. The summed E-state index contributed by atoms with van der Waals surface area (Å²) in [6.07, 6.45) is 0.965. The van der Waals surface area contributed by atoms with Crippen LogP contribution in [0.15, 0.2) is 35.5 Å². The number of halogens is 2. The molecule has 0 saturated carbocycles. The number of H-pyrrole nitrogens is 1. The number of aromatic amines is 1. The molecule has 2 aliphatic heterocycles. The number of aliphatic hydroxyl groups is 7. The number of ether oxygens (including phenoxy) is 1. The normalized spacial score (nSPS) is 23.4. The molecule has 9 N–H and O–H groups in total. The number of hydrogen-bond acceptors (Lipinski definition) is 13. The number of aliphatic imine (C=N–C) groups is 1. The van der Waals surface area contributed by atoms with Gasteiger partial charge in [-0.15, -0.1) is 0 Å². The highest BCUT2D eigenvalue weighted by Gasteiger charge is 2.72. The summed E-state index contributed by atoms with van der Waals surface area (Å²) in [5.41, 5.74) is -3.62. The van der Waals surface area contributed by atoms with E-state index in [4.69, 9.17) is 7.85 Å². The van der Waals surface area contributed by atoms with Gasteiger partial charge in [0.05, 0.1) is 23.1 Å². The molecule has 1 fully saturated rings. The number of anilines is 2. The SMILES string of the molecule is [B]C1(O)N(c2cc3c(cn2)NC(c2c(F)cccc2F)=Nc2c-3n[nH]c2C)C(O)(O)C(O)(O)OC1(O)O. The van der Waals surface area contributed by atoms with Crippen molar-refractivity contribution in [2.45, 2.75) is 30.4 Å². The molecular formula is C20H17BF2N6O8. The van der Waals surface area contributed by atoms with Crippen LogP contribution in [0.25, 0.3) is 11.3 Å². The van der Waals surface area contributed by atoms with Gasteiger partial charge in [-0.05, 0) is 25.1 Å². The van der Waals surface area contributed by atoms with Crippen molar-refractivity contribution in [2.24, 2.45) is 4.99 Å². The van der Waals surface area contributed by atoms with Crippen molar-refractivity contribution < 1.29 is 49.3 Å². The summed E-state index contributed by atoms with van der Waals surface area (Å²) in [7, 11) is 5.50. The van der Waals surface area contributed by atoms with Crippen molar-refractivity contribution in [2.75, 3.05) is 10.2 Å². The Morgan fingerprint density at radius 3 is 2.32 bits per heavy atom. The Balaban J connectivity index is 1.71. The minimum absolute atomic E-state index is 0.0147. The molecule has 0 amide bonds. The lowest BCUT2D eigenvalue weighted by Crippen LogP contribution is -2.85. The second kappa shape index (κ2) is 7.73. The molecule has 2 aromatic heterocycles. The Morgan fingerprint density at radius 2 is 1.68 bits per heavy atom. The first-order valence-electron chi connectivity index (χ1n) is 10.3. The van der Waals surface area contributed by atoms with Gasteiger partial charge in [-0.2, -0.15) is 5.10 Å². The fraction of sp³-hybridized carbons (Fsp3) is 0.250. The molecule has 1 unspecified atom stereocenters. The van der Waals surface area contributed by atoms with Gasteiger partial charge in [0.2, 0.25) is 0 Å². The molecule has 4 heterocycles. The van der Waals surface area contributed by atoms with E-state index in [9.17, 15) is 44.5 Å². The summed E-state index contributed by atoms with van der Waals surface area (Å²) in [4.78, 5) is 7.90. The first kappa shape index (κ1) is 25.1. The van der Waals surface area contributed by atoms with Gasteiger partial charge in [-0.25, -0.2) is 18.8 Å². The standard InChI is InChI=1S/C20H17BF2N6O8/c1-7-14-15(28-27-7)8-5-12(29-17(21,30)19(33,34)37-20(35,36)18(29,31)32)24-6-11(8)25-16(26-14)13-9(22)3-2-4-10(13)23/h2-6,30-36H,1H3,(H,25,26)(H,27,28). The number of amidine groups is 1. The van der Waals surface area contributed by atoms with E-state index in [0.29, 0.717) is 5.69 Å². The number of pyridine rings is 1. The second-order valence-electron chi connectivity index (χ2n) is 8.33.